The van der Waals surface area contributed by atoms with Gasteiger partial charge in [0.05, 0.1) is 12.6 Å². The minimum atomic E-state index is -0.302. The second-order valence-electron chi connectivity index (χ2n) is 8.05. The van der Waals surface area contributed by atoms with Crippen LogP contribution in [0.15, 0.2) is 23.6 Å². The van der Waals surface area contributed by atoms with E-state index in [1.165, 1.54) is 11.3 Å². The number of carbonyl (C=O) groups is 1. The van der Waals surface area contributed by atoms with Crippen molar-refractivity contribution in [2.75, 3.05) is 25.0 Å². The summed E-state index contributed by atoms with van der Waals surface area (Å²) in [6, 6.07) is 8.15. The predicted octanol–water partition coefficient (Wildman–Crippen LogP) is 3.51. The monoisotopic (exact) mass is 398 g/mol. The quantitative estimate of drug-likeness (QED) is 0.749. The van der Waals surface area contributed by atoms with Crippen molar-refractivity contribution >= 4 is 28.2 Å². The van der Waals surface area contributed by atoms with Gasteiger partial charge in [0.1, 0.15) is 11.5 Å². The molecule has 1 aliphatic heterocycles. The molecule has 1 fully saturated rings. The van der Waals surface area contributed by atoms with Gasteiger partial charge in [-0.15, -0.1) is 11.3 Å². The smallest absolute Gasteiger partial charge is 0.271 e. The maximum atomic E-state index is 12.2. The van der Waals surface area contributed by atoms with Gasteiger partial charge in [0.25, 0.3) is 5.91 Å². The number of piperidine rings is 1. The fourth-order valence-corrected chi connectivity index (χ4v) is 3.94. The third-order valence-corrected chi connectivity index (χ3v) is 5.21. The SMILES string of the molecule is CC(C)(C)NC(=O)c1csc(Nc2cccc([C@H]3CCCN(CC#N)C3)n2)n1. The first kappa shape index (κ1) is 20.2. The highest BCUT2D eigenvalue weighted by atomic mass is 32.1. The lowest BCUT2D eigenvalue weighted by atomic mass is 9.94. The number of thiazole rings is 1. The average molecular weight is 399 g/mol. The van der Waals surface area contributed by atoms with Gasteiger partial charge < -0.3 is 10.6 Å². The van der Waals surface area contributed by atoms with Crippen LogP contribution in [0.25, 0.3) is 0 Å². The molecule has 28 heavy (non-hydrogen) atoms. The molecule has 0 radical (unpaired) electrons. The summed E-state index contributed by atoms with van der Waals surface area (Å²) in [5.41, 5.74) is 1.12. The van der Waals surface area contributed by atoms with Crippen LogP contribution in [0.1, 0.15) is 55.7 Å². The van der Waals surface area contributed by atoms with Crippen molar-refractivity contribution in [3.63, 3.8) is 0 Å². The van der Waals surface area contributed by atoms with E-state index in [9.17, 15) is 4.79 Å². The summed E-state index contributed by atoms with van der Waals surface area (Å²) in [5, 5.41) is 17.4. The molecule has 0 aliphatic carbocycles. The van der Waals surface area contributed by atoms with Gasteiger partial charge in [0, 0.05) is 29.1 Å². The molecule has 1 saturated heterocycles. The van der Waals surface area contributed by atoms with E-state index in [1.54, 1.807) is 5.38 Å². The van der Waals surface area contributed by atoms with E-state index in [0.717, 1.165) is 31.6 Å². The van der Waals surface area contributed by atoms with E-state index < -0.39 is 0 Å². The number of pyridine rings is 1. The largest absolute Gasteiger partial charge is 0.346 e. The fraction of sp³-hybridized carbons (Fsp3) is 0.500. The fourth-order valence-electron chi connectivity index (χ4n) is 3.24. The zero-order valence-corrected chi connectivity index (χ0v) is 17.3. The lowest BCUT2D eigenvalue weighted by molar-refractivity contribution is 0.0915. The molecule has 0 unspecified atom stereocenters. The van der Waals surface area contributed by atoms with E-state index in [2.05, 4.69) is 26.6 Å². The number of aromatic nitrogens is 2. The second kappa shape index (κ2) is 8.67. The van der Waals surface area contributed by atoms with E-state index in [4.69, 9.17) is 10.2 Å². The number of hydrogen-bond donors (Lipinski definition) is 2. The molecule has 2 aromatic heterocycles. The highest BCUT2D eigenvalue weighted by Crippen LogP contribution is 2.27. The number of nitrogens with one attached hydrogen (secondary N) is 2. The van der Waals surface area contributed by atoms with Gasteiger partial charge in [-0.05, 0) is 52.3 Å². The Labute approximate surface area is 169 Å². The van der Waals surface area contributed by atoms with E-state index >= 15 is 0 Å². The number of likely N-dealkylation sites (tertiary alicyclic amines) is 1. The molecule has 0 spiro atoms. The first-order chi connectivity index (χ1) is 13.3. The van der Waals surface area contributed by atoms with Gasteiger partial charge in [-0.25, -0.2) is 9.97 Å². The number of rotatable bonds is 5. The molecular weight excluding hydrogens is 372 g/mol. The van der Waals surface area contributed by atoms with Crippen molar-refractivity contribution in [2.24, 2.45) is 0 Å². The minimum absolute atomic E-state index is 0.182. The molecule has 148 valence electrons. The summed E-state index contributed by atoms with van der Waals surface area (Å²) in [4.78, 5) is 23.5. The second-order valence-corrected chi connectivity index (χ2v) is 8.91. The molecule has 3 rings (SSSR count). The van der Waals surface area contributed by atoms with Crippen LogP contribution in [0.5, 0.6) is 0 Å². The zero-order valence-electron chi connectivity index (χ0n) is 16.5. The first-order valence-electron chi connectivity index (χ1n) is 9.45. The van der Waals surface area contributed by atoms with Gasteiger partial charge in [0.2, 0.25) is 0 Å². The van der Waals surface area contributed by atoms with Crippen molar-refractivity contribution in [2.45, 2.75) is 45.1 Å². The van der Waals surface area contributed by atoms with Crippen LogP contribution in [-0.2, 0) is 0 Å². The molecule has 7 nitrogen and oxygen atoms in total. The summed E-state index contributed by atoms with van der Waals surface area (Å²) in [6.07, 6.45) is 2.15. The Bertz CT molecular complexity index is 866. The first-order valence-corrected chi connectivity index (χ1v) is 10.3. The molecule has 8 heteroatoms. The van der Waals surface area contributed by atoms with E-state index in [0.29, 0.717) is 29.1 Å². The minimum Gasteiger partial charge on any atom is -0.346 e. The van der Waals surface area contributed by atoms with Crippen LogP contribution in [-0.4, -0.2) is 45.9 Å². The standard InChI is InChI=1S/C20H26N6OS/c1-20(2,3)25-18(27)16-13-28-19(23-16)24-17-8-4-7-15(22-17)14-6-5-10-26(12-14)11-9-21/h4,7-8,13-14H,5-6,10-12H2,1-3H3,(H,25,27)(H,22,23,24)/t14-/m0/s1. The third kappa shape index (κ3) is 5.50. The molecule has 0 bridgehead atoms. The van der Waals surface area contributed by atoms with Crippen LogP contribution in [0.4, 0.5) is 10.9 Å². The average Bonchev–Trinajstić information content (AvgIpc) is 3.10. The Morgan fingerprint density at radius 3 is 2.96 bits per heavy atom. The summed E-state index contributed by atoms with van der Waals surface area (Å²) in [7, 11) is 0. The van der Waals surface area contributed by atoms with E-state index in [-0.39, 0.29) is 11.4 Å². The van der Waals surface area contributed by atoms with Gasteiger partial charge in [-0.3, -0.25) is 9.69 Å². The van der Waals surface area contributed by atoms with Crippen LogP contribution >= 0.6 is 11.3 Å². The lowest BCUT2D eigenvalue weighted by Gasteiger charge is -2.30. The summed E-state index contributed by atoms with van der Waals surface area (Å²) in [5.74, 6) is 0.860. The topological polar surface area (TPSA) is 93.9 Å². The van der Waals surface area contributed by atoms with Crippen LogP contribution in [0.2, 0.25) is 0 Å². The van der Waals surface area contributed by atoms with Gasteiger partial charge in [-0.2, -0.15) is 5.26 Å². The molecule has 3 heterocycles. The van der Waals surface area contributed by atoms with Crippen LogP contribution in [0, 0.1) is 11.3 Å². The molecular formula is C20H26N6OS. The highest BCUT2D eigenvalue weighted by Gasteiger charge is 2.22. The Hall–Kier alpha value is -2.50. The summed E-state index contributed by atoms with van der Waals surface area (Å²) in [6.45, 7) is 8.12. The van der Waals surface area contributed by atoms with Crippen molar-refractivity contribution in [3.05, 3.63) is 35.0 Å². The molecule has 1 amide bonds. The molecule has 1 atom stereocenters. The number of nitriles is 1. The van der Waals surface area contributed by atoms with Gasteiger partial charge in [-0.1, -0.05) is 6.07 Å². The Balaban J connectivity index is 1.67. The Kier molecular flexibility index (Phi) is 6.27. The normalized spacial score (nSPS) is 17.7. The van der Waals surface area contributed by atoms with Gasteiger partial charge >= 0.3 is 0 Å². The van der Waals surface area contributed by atoms with E-state index in [1.807, 2.05) is 39.0 Å². The zero-order chi connectivity index (χ0) is 20.1. The lowest BCUT2D eigenvalue weighted by Crippen LogP contribution is -2.40. The molecule has 0 aromatic carbocycles. The highest BCUT2D eigenvalue weighted by molar-refractivity contribution is 7.14. The van der Waals surface area contributed by atoms with Crippen LogP contribution in [0.3, 0.4) is 0 Å². The Morgan fingerprint density at radius 1 is 1.39 bits per heavy atom. The molecule has 1 aliphatic rings. The maximum absolute atomic E-state index is 12.2. The van der Waals surface area contributed by atoms with Crippen molar-refractivity contribution in [3.8, 4) is 6.07 Å². The molecule has 2 N–H and O–H groups in total. The van der Waals surface area contributed by atoms with Crippen LogP contribution < -0.4 is 10.6 Å². The number of nitrogens with zero attached hydrogens (tertiary/aromatic N) is 4. The number of anilines is 2. The molecule has 0 saturated carbocycles. The Morgan fingerprint density at radius 2 is 2.21 bits per heavy atom. The van der Waals surface area contributed by atoms with Crippen molar-refractivity contribution in [1.29, 1.82) is 5.26 Å². The number of carbonyl (C=O) groups excluding carboxylic acids is 1. The van der Waals surface area contributed by atoms with Crippen molar-refractivity contribution < 1.29 is 4.79 Å². The third-order valence-electron chi connectivity index (χ3n) is 4.45. The maximum Gasteiger partial charge on any atom is 0.271 e. The molecule has 2 aromatic rings. The summed E-state index contributed by atoms with van der Waals surface area (Å²) < 4.78 is 0. The summed E-state index contributed by atoms with van der Waals surface area (Å²) >= 11 is 1.38. The number of hydrogen-bond acceptors (Lipinski definition) is 7. The number of amides is 1. The van der Waals surface area contributed by atoms with Gasteiger partial charge in [0.15, 0.2) is 5.13 Å². The van der Waals surface area contributed by atoms with Crippen molar-refractivity contribution in [1.82, 2.24) is 20.2 Å². The predicted molar refractivity (Wildman–Crippen MR) is 111 cm³/mol.